The second-order valence-corrected chi connectivity index (χ2v) is 6.34. The molecule has 1 aromatic heterocycles. The first-order chi connectivity index (χ1) is 9.54. The minimum atomic E-state index is -3.51. The Morgan fingerprint density at radius 1 is 1.20 bits per heavy atom. The lowest BCUT2D eigenvalue weighted by molar-refractivity contribution is 0.414. The van der Waals surface area contributed by atoms with Gasteiger partial charge in [0.25, 0.3) is 0 Å². The summed E-state index contributed by atoms with van der Waals surface area (Å²) in [6, 6.07) is 10.4. The second kappa shape index (κ2) is 6.02. The van der Waals surface area contributed by atoms with Crippen LogP contribution in [0.15, 0.2) is 53.7 Å². The van der Waals surface area contributed by atoms with E-state index in [-0.39, 0.29) is 4.90 Å². The Morgan fingerprint density at radius 3 is 2.45 bits per heavy atom. The third kappa shape index (κ3) is 3.15. The largest absolute Gasteiger partial charge is 0.497 e. The van der Waals surface area contributed by atoms with E-state index in [1.54, 1.807) is 38.6 Å². The number of ether oxygens (including phenoxy) is 1. The number of benzene rings is 1. The van der Waals surface area contributed by atoms with Crippen LogP contribution >= 0.6 is 0 Å². The van der Waals surface area contributed by atoms with Crippen LogP contribution in [0.3, 0.4) is 0 Å². The van der Waals surface area contributed by atoms with E-state index in [4.69, 9.17) is 4.74 Å². The maximum atomic E-state index is 12.3. The lowest BCUT2D eigenvalue weighted by atomic mass is 10.2. The molecule has 0 aliphatic heterocycles. The summed E-state index contributed by atoms with van der Waals surface area (Å²) in [6.07, 6.45) is 2.89. The summed E-state index contributed by atoms with van der Waals surface area (Å²) in [4.78, 5) is 4.03. The fourth-order valence-electron chi connectivity index (χ4n) is 1.75. The van der Waals surface area contributed by atoms with Gasteiger partial charge in [0.1, 0.15) is 10.6 Å². The third-order valence-corrected chi connectivity index (χ3v) is 4.69. The predicted molar refractivity (Wildman–Crippen MR) is 75.9 cm³/mol. The molecule has 2 aromatic rings. The van der Waals surface area contributed by atoms with E-state index in [1.165, 1.54) is 16.6 Å². The second-order valence-electron chi connectivity index (χ2n) is 4.30. The lowest BCUT2D eigenvalue weighted by Crippen LogP contribution is -2.26. The van der Waals surface area contributed by atoms with Gasteiger partial charge in [-0.25, -0.2) is 8.42 Å². The molecule has 6 heteroatoms. The molecule has 0 saturated heterocycles. The Morgan fingerprint density at radius 2 is 1.90 bits per heavy atom. The molecule has 0 aliphatic rings. The summed E-state index contributed by atoms with van der Waals surface area (Å²) in [6.45, 7) is 0.293. The highest BCUT2D eigenvalue weighted by Crippen LogP contribution is 2.17. The summed E-state index contributed by atoms with van der Waals surface area (Å²) >= 11 is 0. The van der Waals surface area contributed by atoms with E-state index >= 15 is 0 Å². The molecule has 1 heterocycles. The van der Waals surface area contributed by atoms with Crippen LogP contribution in [0.1, 0.15) is 5.56 Å². The van der Waals surface area contributed by atoms with Crippen LogP contribution in [0.5, 0.6) is 5.75 Å². The van der Waals surface area contributed by atoms with Crippen molar-refractivity contribution in [2.24, 2.45) is 0 Å². The zero-order valence-electron chi connectivity index (χ0n) is 11.4. The summed E-state index contributed by atoms with van der Waals surface area (Å²) in [7, 11) is -0.374. The molecule has 0 saturated carbocycles. The van der Waals surface area contributed by atoms with Gasteiger partial charge in [0.2, 0.25) is 10.0 Å². The molecule has 0 spiro atoms. The molecule has 106 valence electrons. The molecule has 0 aliphatic carbocycles. The average Bonchev–Trinajstić information content (AvgIpc) is 2.49. The SMILES string of the molecule is COc1ccc(CN(C)S(=O)(=O)c2cccnc2)cc1. The van der Waals surface area contributed by atoms with Crippen LogP contribution in [0.2, 0.25) is 0 Å². The van der Waals surface area contributed by atoms with Crippen LogP contribution < -0.4 is 4.74 Å². The van der Waals surface area contributed by atoms with E-state index in [1.807, 2.05) is 12.1 Å². The minimum Gasteiger partial charge on any atom is -0.497 e. The average molecular weight is 292 g/mol. The Bertz CT molecular complexity index is 655. The van der Waals surface area contributed by atoms with Crippen molar-refractivity contribution in [3.8, 4) is 5.75 Å². The number of rotatable bonds is 5. The molecule has 2 rings (SSSR count). The molecule has 0 bridgehead atoms. The molecule has 0 radical (unpaired) electrons. The summed E-state index contributed by atoms with van der Waals surface area (Å²) in [5, 5.41) is 0. The van der Waals surface area contributed by atoms with Gasteiger partial charge in [-0.3, -0.25) is 4.98 Å². The van der Waals surface area contributed by atoms with Crippen molar-refractivity contribution in [3.63, 3.8) is 0 Å². The fourth-order valence-corrected chi connectivity index (χ4v) is 2.88. The van der Waals surface area contributed by atoms with Gasteiger partial charge in [-0.1, -0.05) is 12.1 Å². The Hall–Kier alpha value is -1.92. The third-order valence-electron chi connectivity index (χ3n) is 2.91. The number of hydrogen-bond acceptors (Lipinski definition) is 4. The van der Waals surface area contributed by atoms with Crippen LogP contribution in [0, 0.1) is 0 Å². The highest BCUT2D eigenvalue weighted by Gasteiger charge is 2.20. The fraction of sp³-hybridized carbons (Fsp3) is 0.214. The van der Waals surface area contributed by atoms with Crippen molar-refractivity contribution < 1.29 is 13.2 Å². The Balaban J connectivity index is 2.16. The van der Waals surface area contributed by atoms with Crippen LogP contribution in [0.4, 0.5) is 0 Å². The molecule has 0 fully saturated rings. The highest BCUT2D eigenvalue weighted by molar-refractivity contribution is 7.89. The number of nitrogens with zero attached hydrogens (tertiary/aromatic N) is 2. The van der Waals surface area contributed by atoms with E-state index in [2.05, 4.69) is 4.98 Å². The van der Waals surface area contributed by atoms with Gasteiger partial charge in [0, 0.05) is 26.0 Å². The van der Waals surface area contributed by atoms with Crippen molar-refractivity contribution in [3.05, 3.63) is 54.4 Å². The molecule has 0 N–H and O–H groups in total. The van der Waals surface area contributed by atoms with Crippen molar-refractivity contribution in [1.29, 1.82) is 0 Å². The normalized spacial score (nSPS) is 11.6. The van der Waals surface area contributed by atoms with Gasteiger partial charge >= 0.3 is 0 Å². The first kappa shape index (κ1) is 14.5. The summed E-state index contributed by atoms with van der Waals surface area (Å²) in [5.41, 5.74) is 0.890. The number of pyridine rings is 1. The smallest absolute Gasteiger partial charge is 0.244 e. The van der Waals surface area contributed by atoms with E-state index in [0.717, 1.165) is 11.3 Å². The van der Waals surface area contributed by atoms with Gasteiger partial charge in [0.15, 0.2) is 0 Å². The molecule has 5 nitrogen and oxygen atoms in total. The molecular weight excluding hydrogens is 276 g/mol. The zero-order chi connectivity index (χ0) is 14.6. The van der Waals surface area contributed by atoms with Gasteiger partial charge in [0.05, 0.1) is 7.11 Å². The number of sulfonamides is 1. The summed E-state index contributed by atoms with van der Waals surface area (Å²) in [5.74, 6) is 0.742. The van der Waals surface area contributed by atoms with E-state index in [9.17, 15) is 8.42 Å². The molecule has 0 amide bonds. The quantitative estimate of drug-likeness (QED) is 0.844. The molecular formula is C14H16N2O3S. The van der Waals surface area contributed by atoms with Crippen LogP contribution in [-0.2, 0) is 16.6 Å². The summed E-state index contributed by atoms with van der Waals surface area (Å²) < 4.78 is 31.0. The first-order valence-corrected chi connectivity index (χ1v) is 7.47. The predicted octanol–water partition coefficient (Wildman–Crippen LogP) is 1.91. The molecule has 0 atom stereocenters. The lowest BCUT2D eigenvalue weighted by Gasteiger charge is -2.17. The van der Waals surface area contributed by atoms with E-state index < -0.39 is 10.0 Å². The molecule has 1 aromatic carbocycles. The maximum absolute atomic E-state index is 12.3. The molecule has 0 unspecified atom stereocenters. The Kier molecular flexibility index (Phi) is 4.36. The van der Waals surface area contributed by atoms with Crippen molar-refractivity contribution >= 4 is 10.0 Å². The Labute approximate surface area is 118 Å². The number of methoxy groups -OCH3 is 1. The standard InChI is InChI=1S/C14H16N2O3S/c1-16(11-12-5-7-13(19-2)8-6-12)20(17,18)14-4-3-9-15-10-14/h3-10H,11H2,1-2H3. The number of aromatic nitrogens is 1. The monoisotopic (exact) mass is 292 g/mol. The van der Waals surface area contributed by atoms with E-state index in [0.29, 0.717) is 6.54 Å². The topological polar surface area (TPSA) is 59.5 Å². The van der Waals surface area contributed by atoms with Crippen LogP contribution in [0.25, 0.3) is 0 Å². The van der Waals surface area contributed by atoms with Crippen molar-refractivity contribution in [2.45, 2.75) is 11.4 Å². The van der Waals surface area contributed by atoms with Crippen LogP contribution in [-0.4, -0.2) is 31.9 Å². The zero-order valence-corrected chi connectivity index (χ0v) is 12.2. The van der Waals surface area contributed by atoms with Gasteiger partial charge in [-0.2, -0.15) is 4.31 Å². The maximum Gasteiger partial charge on any atom is 0.244 e. The van der Waals surface area contributed by atoms with Crippen molar-refractivity contribution in [1.82, 2.24) is 9.29 Å². The van der Waals surface area contributed by atoms with Crippen molar-refractivity contribution in [2.75, 3.05) is 14.2 Å². The highest BCUT2D eigenvalue weighted by atomic mass is 32.2. The van der Waals surface area contributed by atoms with Gasteiger partial charge in [-0.15, -0.1) is 0 Å². The molecule has 20 heavy (non-hydrogen) atoms. The number of hydrogen-bond donors (Lipinski definition) is 0. The minimum absolute atomic E-state index is 0.191. The van der Waals surface area contributed by atoms with Gasteiger partial charge in [-0.05, 0) is 29.8 Å². The van der Waals surface area contributed by atoms with Gasteiger partial charge < -0.3 is 4.74 Å². The first-order valence-electron chi connectivity index (χ1n) is 6.03.